The van der Waals surface area contributed by atoms with Crippen LogP contribution in [0.5, 0.6) is 0 Å². The summed E-state index contributed by atoms with van der Waals surface area (Å²) in [6, 6.07) is 8.82. The molecule has 2 nitrogen and oxygen atoms in total. The van der Waals surface area contributed by atoms with E-state index in [-0.39, 0.29) is 5.41 Å². The van der Waals surface area contributed by atoms with Crippen molar-refractivity contribution < 1.29 is 4.74 Å². The SMILES string of the molecule is Cc1ccc(C2(CCC#N)COC2)cc1C. The molecule has 0 radical (unpaired) electrons. The first-order chi connectivity index (χ1) is 7.68. The van der Waals surface area contributed by atoms with Gasteiger partial charge in [0.15, 0.2) is 0 Å². The molecule has 0 spiro atoms. The van der Waals surface area contributed by atoms with Gasteiger partial charge in [-0.2, -0.15) is 5.26 Å². The lowest BCUT2D eigenvalue weighted by Crippen LogP contribution is -2.46. The highest BCUT2D eigenvalue weighted by molar-refractivity contribution is 5.36. The van der Waals surface area contributed by atoms with Gasteiger partial charge in [-0.15, -0.1) is 0 Å². The fourth-order valence-electron chi connectivity index (χ4n) is 2.17. The molecule has 0 aromatic heterocycles. The summed E-state index contributed by atoms with van der Waals surface area (Å²) in [6.07, 6.45) is 1.52. The van der Waals surface area contributed by atoms with E-state index in [1.54, 1.807) is 0 Å². The van der Waals surface area contributed by atoms with Crippen LogP contribution in [0, 0.1) is 25.2 Å². The van der Waals surface area contributed by atoms with Crippen LogP contribution in [-0.2, 0) is 10.2 Å². The summed E-state index contributed by atoms with van der Waals surface area (Å²) in [5, 5.41) is 8.70. The smallest absolute Gasteiger partial charge is 0.0622 e. The van der Waals surface area contributed by atoms with E-state index < -0.39 is 0 Å². The van der Waals surface area contributed by atoms with Crippen LogP contribution in [0.2, 0.25) is 0 Å². The predicted octanol–water partition coefficient (Wildman–Crippen LogP) is 2.88. The first kappa shape index (κ1) is 11.2. The molecule has 0 unspecified atom stereocenters. The molecule has 2 rings (SSSR count). The van der Waals surface area contributed by atoms with E-state index in [0.29, 0.717) is 6.42 Å². The quantitative estimate of drug-likeness (QED) is 0.776. The Kier molecular flexibility index (Phi) is 2.98. The van der Waals surface area contributed by atoms with E-state index in [0.717, 1.165) is 19.6 Å². The maximum Gasteiger partial charge on any atom is 0.0622 e. The van der Waals surface area contributed by atoms with E-state index in [1.165, 1.54) is 16.7 Å². The molecule has 1 aromatic rings. The van der Waals surface area contributed by atoms with Crippen molar-refractivity contribution in [3.8, 4) is 6.07 Å². The Morgan fingerprint density at radius 3 is 2.56 bits per heavy atom. The fraction of sp³-hybridized carbons (Fsp3) is 0.500. The summed E-state index contributed by atoms with van der Waals surface area (Å²) in [4.78, 5) is 0. The third-order valence-corrected chi connectivity index (χ3v) is 3.59. The molecular weight excluding hydrogens is 198 g/mol. The number of hydrogen-bond acceptors (Lipinski definition) is 2. The number of nitrogens with zero attached hydrogens (tertiary/aromatic N) is 1. The number of hydrogen-bond donors (Lipinski definition) is 0. The van der Waals surface area contributed by atoms with Crippen molar-refractivity contribution in [2.45, 2.75) is 32.1 Å². The highest BCUT2D eigenvalue weighted by atomic mass is 16.5. The fourth-order valence-corrected chi connectivity index (χ4v) is 2.17. The molecule has 2 heteroatoms. The molecule has 0 atom stereocenters. The van der Waals surface area contributed by atoms with Crippen LogP contribution in [0.1, 0.15) is 29.5 Å². The van der Waals surface area contributed by atoms with Crippen molar-refractivity contribution >= 4 is 0 Å². The van der Waals surface area contributed by atoms with Gasteiger partial charge in [-0.3, -0.25) is 0 Å². The van der Waals surface area contributed by atoms with Crippen LogP contribution in [0.25, 0.3) is 0 Å². The zero-order chi connectivity index (χ0) is 11.6. The third kappa shape index (κ3) is 1.83. The number of ether oxygens (including phenoxy) is 1. The van der Waals surface area contributed by atoms with Gasteiger partial charge < -0.3 is 4.74 Å². The van der Waals surface area contributed by atoms with Gasteiger partial charge in [0, 0.05) is 11.8 Å². The van der Waals surface area contributed by atoms with Crippen LogP contribution in [0.15, 0.2) is 18.2 Å². The van der Waals surface area contributed by atoms with Crippen LogP contribution >= 0.6 is 0 Å². The maximum absolute atomic E-state index is 8.70. The van der Waals surface area contributed by atoms with Crippen LogP contribution in [0.3, 0.4) is 0 Å². The summed E-state index contributed by atoms with van der Waals surface area (Å²) in [5.41, 5.74) is 4.08. The third-order valence-electron chi connectivity index (χ3n) is 3.59. The van der Waals surface area contributed by atoms with Gasteiger partial charge in [-0.05, 0) is 37.0 Å². The Hall–Kier alpha value is -1.33. The summed E-state index contributed by atoms with van der Waals surface area (Å²) in [5.74, 6) is 0. The van der Waals surface area contributed by atoms with Crippen molar-refractivity contribution in [1.29, 1.82) is 5.26 Å². The van der Waals surface area contributed by atoms with Gasteiger partial charge in [-0.1, -0.05) is 18.2 Å². The largest absolute Gasteiger partial charge is 0.379 e. The molecule has 1 aliphatic rings. The van der Waals surface area contributed by atoms with Gasteiger partial charge in [0.25, 0.3) is 0 Å². The molecular formula is C14H17NO. The molecule has 0 N–H and O–H groups in total. The second-order valence-electron chi connectivity index (χ2n) is 4.73. The zero-order valence-corrected chi connectivity index (χ0v) is 9.92. The lowest BCUT2D eigenvalue weighted by Gasteiger charge is -2.42. The van der Waals surface area contributed by atoms with Gasteiger partial charge in [0.2, 0.25) is 0 Å². The standard InChI is InChI=1S/C14H17NO/c1-11-4-5-13(8-12(11)2)14(6-3-7-15)9-16-10-14/h4-5,8H,3,6,9-10H2,1-2H3. The van der Waals surface area contributed by atoms with Gasteiger partial charge >= 0.3 is 0 Å². The summed E-state index contributed by atoms with van der Waals surface area (Å²) in [6.45, 7) is 5.78. The van der Waals surface area contributed by atoms with Gasteiger partial charge in [-0.25, -0.2) is 0 Å². The van der Waals surface area contributed by atoms with E-state index in [9.17, 15) is 0 Å². The molecule has 84 valence electrons. The molecule has 1 aliphatic heterocycles. The van der Waals surface area contributed by atoms with Crippen LogP contribution < -0.4 is 0 Å². The molecule has 0 saturated carbocycles. The molecule has 16 heavy (non-hydrogen) atoms. The van der Waals surface area contributed by atoms with Crippen LogP contribution in [0.4, 0.5) is 0 Å². The molecule has 0 amide bonds. The highest BCUT2D eigenvalue weighted by Gasteiger charge is 2.39. The Labute approximate surface area is 96.9 Å². The number of nitriles is 1. The first-order valence-electron chi connectivity index (χ1n) is 5.70. The highest BCUT2D eigenvalue weighted by Crippen LogP contribution is 2.37. The lowest BCUT2D eigenvalue weighted by molar-refractivity contribution is -0.0637. The van der Waals surface area contributed by atoms with Crippen molar-refractivity contribution in [2.75, 3.05) is 13.2 Å². The van der Waals surface area contributed by atoms with E-state index in [4.69, 9.17) is 10.00 Å². The topological polar surface area (TPSA) is 33.0 Å². The van der Waals surface area contributed by atoms with E-state index in [2.05, 4.69) is 38.1 Å². The Bertz CT molecular complexity index is 427. The van der Waals surface area contributed by atoms with Gasteiger partial charge in [0.05, 0.1) is 19.3 Å². The van der Waals surface area contributed by atoms with Crippen molar-refractivity contribution in [2.24, 2.45) is 0 Å². The average molecular weight is 215 g/mol. The molecule has 1 aromatic carbocycles. The monoisotopic (exact) mass is 215 g/mol. The second-order valence-corrected chi connectivity index (χ2v) is 4.73. The Morgan fingerprint density at radius 1 is 1.31 bits per heavy atom. The minimum atomic E-state index is 0.105. The number of benzene rings is 1. The van der Waals surface area contributed by atoms with E-state index >= 15 is 0 Å². The number of aryl methyl sites for hydroxylation is 2. The first-order valence-corrected chi connectivity index (χ1v) is 5.70. The Balaban J connectivity index is 2.26. The van der Waals surface area contributed by atoms with Gasteiger partial charge in [0.1, 0.15) is 0 Å². The van der Waals surface area contributed by atoms with Crippen molar-refractivity contribution in [3.63, 3.8) is 0 Å². The molecule has 0 bridgehead atoms. The summed E-state index contributed by atoms with van der Waals surface area (Å²) >= 11 is 0. The van der Waals surface area contributed by atoms with E-state index in [1.807, 2.05) is 0 Å². The number of rotatable bonds is 3. The molecule has 0 aliphatic carbocycles. The predicted molar refractivity (Wildman–Crippen MR) is 63.3 cm³/mol. The van der Waals surface area contributed by atoms with Crippen molar-refractivity contribution in [3.05, 3.63) is 34.9 Å². The average Bonchev–Trinajstić information content (AvgIpc) is 2.22. The molecule has 1 fully saturated rings. The molecule has 1 saturated heterocycles. The molecule has 1 heterocycles. The maximum atomic E-state index is 8.70. The normalized spacial score (nSPS) is 17.6. The lowest BCUT2D eigenvalue weighted by atomic mass is 9.74. The summed E-state index contributed by atoms with van der Waals surface area (Å²) < 4.78 is 5.35. The Morgan fingerprint density at radius 2 is 2.06 bits per heavy atom. The van der Waals surface area contributed by atoms with Crippen molar-refractivity contribution in [1.82, 2.24) is 0 Å². The summed E-state index contributed by atoms with van der Waals surface area (Å²) in [7, 11) is 0. The minimum Gasteiger partial charge on any atom is -0.379 e. The van der Waals surface area contributed by atoms with Crippen LogP contribution in [-0.4, -0.2) is 13.2 Å². The zero-order valence-electron chi connectivity index (χ0n) is 9.92. The minimum absolute atomic E-state index is 0.105. The second kappa shape index (κ2) is 4.27.